The van der Waals surface area contributed by atoms with Gasteiger partial charge in [-0.2, -0.15) is 0 Å². The quantitative estimate of drug-likeness (QED) is 0.301. The number of anilines is 1. The molecular weight excluding hydrogens is 500 g/mol. The normalized spacial score (nSPS) is 15.6. The second-order valence-corrected chi connectivity index (χ2v) is 10.00. The van der Waals surface area contributed by atoms with Gasteiger partial charge >= 0.3 is 0 Å². The van der Waals surface area contributed by atoms with Crippen LogP contribution in [0, 0.1) is 6.92 Å². The predicted molar refractivity (Wildman–Crippen MR) is 136 cm³/mol. The second-order valence-electron chi connectivity index (χ2n) is 8.11. The molecule has 33 heavy (non-hydrogen) atoms. The topological polar surface area (TPSA) is 60.5 Å². The SMILES string of the molecule is Cc1ccc2nc(-c3ccc(NC(=O)c4ccc(OCC5CCCO5)c(Br)c4)cc3)sc2c1. The third-order valence-electron chi connectivity index (χ3n) is 5.58. The number of amides is 1. The molecule has 1 amide bonds. The number of nitrogens with zero attached hydrogens (tertiary/aromatic N) is 1. The molecular formula is C26H23BrN2O3S. The lowest BCUT2D eigenvalue weighted by molar-refractivity contribution is 0.0677. The molecule has 1 unspecified atom stereocenters. The van der Waals surface area contributed by atoms with Gasteiger partial charge in [-0.15, -0.1) is 11.3 Å². The maximum Gasteiger partial charge on any atom is 0.255 e. The van der Waals surface area contributed by atoms with Gasteiger partial charge < -0.3 is 14.8 Å². The highest BCUT2D eigenvalue weighted by Crippen LogP contribution is 2.32. The summed E-state index contributed by atoms with van der Waals surface area (Å²) in [7, 11) is 0. The van der Waals surface area contributed by atoms with E-state index in [0.29, 0.717) is 17.9 Å². The minimum absolute atomic E-state index is 0.148. The number of hydrogen-bond donors (Lipinski definition) is 1. The lowest BCUT2D eigenvalue weighted by Gasteiger charge is -2.13. The van der Waals surface area contributed by atoms with Crippen molar-refractivity contribution in [3.8, 4) is 16.3 Å². The van der Waals surface area contributed by atoms with Gasteiger partial charge in [0.1, 0.15) is 17.4 Å². The first-order chi connectivity index (χ1) is 16.0. The number of aromatic nitrogens is 1. The summed E-state index contributed by atoms with van der Waals surface area (Å²) >= 11 is 5.19. The van der Waals surface area contributed by atoms with Crippen molar-refractivity contribution in [2.75, 3.05) is 18.5 Å². The van der Waals surface area contributed by atoms with E-state index in [4.69, 9.17) is 14.5 Å². The molecule has 1 aliphatic heterocycles. The molecule has 1 atom stereocenters. The number of thiazole rings is 1. The summed E-state index contributed by atoms with van der Waals surface area (Å²) in [6.07, 6.45) is 2.25. The Bertz CT molecular complexity index is 1300. The van der Waals surface area contributed by atoms with Crippen LogP contribution in [0.4, 0.5) is 5.69 Å². The summed E-state index contributed by atoms with van der Waals surface area (Å²) in [5.41, 5.74) is 4.55. The van der Waals surface area contributed by atoms with E-state index >= 15 is 0 Å². The van der Waals surface area contributed by atoms with Crippen LogP contribution in [-0.4, -0.2) is 30.2 Å². The molecule has 2 heterocycles. The van der Waals surface area contributed by atoms with E-state index in [1.54, 1.807) is 23.5 Å². The molecule has 3 aromatic carbocycles. The summed E-state index contributed by atoms with van der Waals surface area (Å²) in [5, 5.41) is 3.93. The molecule has 1 aromatic heterocycles. The standard InChI is InChI=1S/C26H23BrN2O3S/c1-16-4-10-22-24(13-16)33-26(29-22)17-5-8-19(9-6-17)28-25(30)18-7-11-23(21(27)14-18)32-15-20-3-2-12-31-20/h4-11,13-14,20H,2-3,12,15H2,1H3,(H,28,30). The number of benzene rings is 3. The van der Waals surface area contributed by atoms with Crippen molar-refractivity contribution in [2.45, 2.75) is 25.9 Å². The van der Waals surface area contributed by atoms with Gasteiger partial charge in [0.25, 0.3) is 5.91 Å². The molecule has 5 rings (SSSR count). The minimum Gasteiger partial charge on any atom is -0.490 e. The largest absolute Gasteiger partial charge is 0.490 e. The number of rotatable bonds is 6. The van der Waals surface area contributed by atoms with Gasteiger partial charge in [-0.3, -0.25) is 4.79 Å². The highest BCUT2D eigenvalue weighted by molar-refractivity contribution is 9.10. The summed E-state index contributed by atoms with van der Waals surface area (Å²) < 4.78 is 13.4. The van der Waals surface area contributed by atoms with Crippen LogP contribution in [0.1, 0.15) is 28.8 Å². The van der Waals surface area contributed by atoms with Crippen LogP contribution in [0.3, 0.4) is 0 Å². The van der Waals surface area contributed by atoms with Crippen LogP contribution < -0.4 is 10.1 Å². The maximum atomic E-state index is 12.7. The second kappa shape index (κ2) is 9.63. The summed E-state index contributed by atoms with van der Waals surface area (Å²) in [5.74, 6) is 0.530. The maximum absolute atomic E-state index is 12.7. The minimum atomic E-state index is -0.176. The molecule has 1 fully saturated rings. The number of ether oxygens (including phenoxy) is 2. The zero-order valence-corrected chi connectivity index (χ0v) is 20.5. The van der Waals surface area contributed by atoms with Gasteiger partial charge in [0.15, 0.2) is 0 Å². The van der Waals surface area contributed by atoms with E-state index in [0.717, 1.165) is 45.7 Å². The number of carbonyl (C=O) groups is 1. The van der Waals surface area contributed by atoms with Gasteiger partial charge in [-0.1, -0.05) is 6.07 Å². The third-order valence-corrected chi connectivity index (χ3v) is 7.26. The van der Waals surface area contributed by atoms with Crippen LogP contribution in [-0.2, 0) is 4.74 Å². The van der Waals surface area contributed by atoms with Crippen LogP contribution in [0.2, 0.25) is 0 Å². The fourth-order valence-electron chi connectivity index (χ4n) is 3.77. The van der Waals surface area contributed by atoms with Crippen molar-refractivity contribution in [3.05, 3.63) is 76.3 Å². The van der Waals surface area contributed by atoms with Crippen LogP contribution in [0.25, 0.3) is 20.8 Å². The van der Waals surface area contributed by atoms with Crippen molar-refractivity contribution < 1.29 is 14.3 Å². The number of halogens is 1. The van der Waals surface area contributed by atoms with Crippen LogP contribution >= 0.6 is 27.3 Å². The lowest BCUT2D eigenvalue weighted by Crippen LogP contribution is -2.16. The Kier molecular flexibility index (Phi) is 6.44. The van der Waals surface area contributed by atoms with Crippen molar-refractivity contribution in [3.63, 3.8) is 0 Å². The third kappa shape index (κ3) is 5.11. The van der Waals surface area contributed by atoms with E-state index < -0.39 is 0 Å². The monoisotopic (exact) mass is 522 g/mol. The average Bonchev–Trinajstić information content (AvgIpc) is 3.48. The predicted octanol–water partition coefficient (Wildman–Crippen LogP) is 6.84. The van der Waals surface area contributed by atoms with E-state index in [-0.39, 0.29) is 12.0 Å². The molecule has 1 N–H and O–H groups in total. The number of aryl methyl sites for hydroxylation is 1. The van der Waals surface area contributed by atoms with E-state index in [1.165, 1.54) is 10.3 Å². The van der Waals surface area contributed by atoms with Gasteiger partial charge in [-0.25, -0.2) is 4.98 Å². The smallest absolute Gasteiger partial charge is 0.255 e. The highest BCUT2D eigenvalue weighted by atomic mass is 79.9. The lowest BCUT2D eigenvalue weighted by atomic mass is 10.1. The van der Waals surface area contributed by atoms with E-state index in [9.17, 15) is 4.79 Å². The van der Waals surface area contributed by atoms with E-state index in [1.807, 2.05) is 30.3 Å². The number of fused-ring (bicyclic) bond motifs is 1. The van der Waals surface area contributed by atoms with Gasteiger partial charge in [-0.05, 0) is 95.9 Å². The van der Waals surface area contributed by atoms with Crippen molar-refractivity contribution >= 4 is 49.1 Å². The first kappa shape index (κ1) is 22.1. The fraction of sp³-hybridized carbons (Fsp3) is 0.231. The molecule has 0 spiro atoms. The average molecular weight is 523 g/mol. The Labute approximate surface area is 204 Å². The molecule has 0 saturated carbocycles. The van der Waals surface area contributed by atoms with Crippen molar-refractivity contribution in [1.29, 1.82) is 0 Å². The molecule has 168 valence electrons. The van der Waals surface area contributed by atoms with Crippen molar-refractivity contribution in [1.82, 2.24) is 4.98 Å². The molecule has 0 aliphatic carbocycles. The molecule has 1 saturated heterocycles. The van der Waals surface area contributed by atoms with Gasteiger partial charge in [0.2, 0.25) is 0 Å². The Morgan fingerprint density at radius 1 is 1.18 bits per heavy atom. The fourth-order valence-corrected chi connectivity index (χ4v) is 5.33. The molecule has 0 radical (unpaired) electrons. The summed E-state index contributed by atoms with van der Waals surface area (Å²) in [4.78, 5) is 17.5. The van der Waals surface area contributed by atoms with Gasteiger partial charge in [0.05, 0.1) is 20.8 Å². The Balaban J connectivity index is 1.24. The van der Waals surface area contributed by atoms with E-state index in [2.05, 4.69) is 46.4 Å². The summed E-state index contributed by atoms with van der Waals surface area (Å²) in [6.45, 7) is 3.40. The molecule has 7 heteroatoms. The van der Waals surface area contributed by atoms with Crippen LogP contribution in [0.5, 0.6) is 5.75 Å². The molecule has 4 aromatic rings. The summed E-state index contributed by atoms with van der Waals surface area (Å²) in [6, 6.07) is 19.4. The molecule has 1 aliphatic rings. The Morgan fingerprint density at radius 3 is 2.79 bits per heavy atom. The molecule has 5 nitrogen and oxygen atoms in total. The highest BCUT2D eigenvalue weighted by Gasteiger charge is 2.17. The van der Waals surface area contributed by atoms with Crippen LogP contribution in [0.15, 0.2) is 65.1 Å². The number of carbonyl (C=O) groups excluding carboxylic acids is 1. The van der Waals surface area contributed by atoms with Gasteiger partial charge in [0, 0.05) is 23.4 Å². The zero-order valence-electron chi connectivity index (χ0n) is 18.1. The first-order valence-corrected chi connectivity index (χ1v) is 12.5. The Morgan fingerprint density at radius 2 is 2.03 bits per heavy atom. The zero-order chi connectivity index (χ0) is 22.8. The molecule has 0 bridgehead atoms. The van der Waals surface area contributed by atoms with Crippen molar-refractivity contribution in [2.24, 2.45) is 0 Å². The number of hydrogen-bond acceptors (Lipinski definition) is 5. The Hall–Kier alpha value is -2.74. The number of nitrogens with one attached hydrogen (secondary N) is 1. The first-order valence-electron chi connectivity index (χ1n) is 10.9.